The first-order chi connectivity index (χ1) is 6.40. The second kappa shape index (κ2) is 5.17. The van der Waals surface area contributed by atoms with Gasteiger partial charge in [-0.15, -0.1) is 12.4 Å². The van der Waals surface area contributed by atoms with Crippen molar-refractivity contribution < 1.29 is 4.74 Å². The highest BCUT2D eigenvalue weighted by Crippen LogP contribution is 2.24. The van der Waals surface area contributed by atoms with Crippen LogP contribution in [0.3, 0.4) is 0 Å². The minimum atomic E-state index is 0. The SMILES string of the molecule is COc1cncc(C2CCNC2)c1.Cl. The fraction of sp³-hybridized carbons (Fsp3) is 0.500. The Bertz CT molecular complexity index is 287. The van der Waals surface area contributed by atoms with Crippen molar-refractivity contribution in [2.24, 2.45) is 0 Å². The summed E-state index contributed by atoms with van der Waals surface area (Å²) in [4.78, 5) is 4.15. The third-order valence-electron chi connectivity index (χ3n) is 2.50. The van der Waals surface area contributed by atoms with Gasteiger partial charge in [0.2, 0.25) is 0 Å². The fourth-order valence-electron chi connectivity index (χ4n) is 1.71. The lowest BCUT2D eigenvalue weighted by molar-refractivity contribution is 0.412. The average Bonchev–Trinajstić information content (AvgIpc) is 2.71. The monoisotopic (exact) mass is 214 g/mol. The van der Waals surface area contributed by atoms with Crippen molar-refractivity contribution in [2.45, 2.75) is 12.3 Å². The molecule has 1 unspecified atom stereocenters. The van der Waals surface area contributed by atoms with Crippen molar-refractivity contribution >= 4 is 12.4 Å². The summed E-state index contributed by atoms with van der Waals surface area (Å²) in [5.41, 5.74) is 1.28. The number of aromatic nitrogens is 1. The van der Waals surface area contributed by atoms with Gasteiger partial charge >= 0.3 is 0 Å². The Morgan fingerprint density at radius 3 is 3.00 bits per heavy atom. The van der Waals surface area contributed by atoms with Gasteiger partial charge in [0.1, 0.15) is 5.75 Å². The quantitative estimate of drug-likeness (QED) is 0.812. The van der Waals surface area contributed by atoms with E-state index in [0.717, 1.165) is 18.8 Å². The average molecular weight is 215 g/mol. The van der Waals surface area contributed by atoms with Gasteiger partial charge in [-0.2, -0.15) is 0 Å². The molecule has 0 amide bonds. The molecule has 1 fully saturated rings. The summed E-state index contributed by atoms with van der Waals surface area (Å²) in [6.07, 6.45) is 4.88. The van der Waals surface area contributed by atoms with E-state index in [-0.39, 0.29) is 12.4 Å². The van der Waals surface area contributed by atoms with E-state index in [1.54, 1.807) is 13.3 Å². The fourth-order valence-corrected chi connectivity index (χ4v) is 1.71. The molecule has 1 aliphatic heterocycles. The van der Waals surface area contributed by atoms with Crippen LogP contribution in [0.5, 0.6) is 5.75 Å². The molecule has 4 heteroatoms. The standard InChI is InChI=1S/C10H14N2O.ClH/c1-13-10-4-9(6-12-7-10)8-2-3-11-5-8;/h4,6-8,11H,2-3,5H2,1H3;1H. The Balaban J connectivity index is 0.000000980. The van der Waals surface area contributed by atoms with Crippen molar-refractivity contribution in [3.8, 4) is 5.75 Å². The van der Waals surface area contributed by atoms with Crippen LogP contribution in [0.4, 0.5) is 0 Å². The Kier molecular flexibility index (Phi) is 4.17. The van der Waals surface area contributed by atoms with Crippen LogP contribution in [0.2, 0.25) is 0 Å². The van der Waals surface area contributed by atoms with Crippen molar-refractivity contribution in [2.75, 3.05) is 20.2 Å². The lowest BCUT2D eigenvalue weighted by atomic mass is 10.0. The maximum absolute atomic E-state index is 5.13. The zero-order valence-electron chi connectivity index (χ0n) is 8.19. The van der Waals surface area contributed by atoms with Crippen LogP contribution in [0.1, 0.15) is 17.9 Å². The number of hydrogen-bond acceptors (Lipinski definition) is 3. The van der Waals surface area contributed by atoms with Gasteiger partial charge in [-0.25, -0.2) is 0 Å². The molecule has 3 nitrogen and oxygen atoms in total. The number of ether oxygens (including phenoxy) is 1. The molecular weight excluding hydrogens is 200 g/mol. The molecule has 1 aliphatic rings. The number of hydrogen-bond donors (Lipinski definition) is 1. The van der Waals surface area contributed by atoms with Gasteiger partial charge < -0.3 is 10.1 Å². The maximum Gasteiger partial charge on any atom is 0.137 e. The second-order valence-corrected chi connectivity index (χ2v) is 3.35. The van der Waals surface area contributed by atoms with Gasteiger partial charge in [0.25, 0.3) is 0 Å². The van der Waals surface area contributed by atoms with Gasteiger partial charge in [-0.1, -0.05) is 0 Å². The predicted molar refractivity (Wildman–Crippen MR) is 58.3 cm³/mol. The number of pyridine rings is 1. The molecule has 78 valence electrons. The molecule has 0 saturated carbocycles. The first kappa shape index (κ1) is 11.3. The first-order valence-electron chi connectivity index (χ1n) is 4.60. The predicted octanol–water partition coefficient (Wildman–Crippen LogP) is 1.59. The molecule has 1 N–H and O–H groups in total. The number of methoxy groups -OCH3 is 1. The second-order valence-electron chi connectivity index (χ2n) is 3.35. The van der Waals surface area contributed by atoms with Crippen LogP contribution in [-0.4, -0.2) is 25.2 Å². The van der Waals surface area contributed by atoms with E-state index >= 15 is 0 Å². The topological polar surface area (TPSA) is 34.1 Å². The molecule has 0 bridgehead atoms. The maximum atomic E-state index is 5.13. The molecule has 0 aliphatic carbocycles. The summed E-state index contributed by atoms with van der Waals surface area (Å²) in [5.74, 6) is 1.46. The van der Waals surface area contributed by atoms with Gasteiger partial charge in [-0.3, -0.25) is 4.98 Å². The van der Waals surface area contributed by atoms with Crippen molar-refractivity contribution in [1.29, 1.82) is 0 Å². The van der Waals surface area contributed by atoms with Crippen LogP contribution in [0.15, 0.2) is 18.5 Å². The minimum absolute atomic E-state index is 0. The molecule has 0 spiro atoms. The van der Waals surface area contributed by atoms with E-state index < -0.39 is 0 Å². The van der Waals surface area contributed by atoms with Crippen molar-refractivity contribution in [1.82, 2.24) is 10.3 Å². The Labute approximate surface area is 90.3 Å². The molecule has 0 aromatic carbocycles. The Morgan fingerprint density at radius 2 is 2.36 bits per heavy atom. The van der Waals surface area contributed by atoms with Crippen molar-refractivity contribution in [3.63, 3.8) is 0 Å². The van der Waals surface area contributed by atoms with Crippen LogP contribution in [0, 0.1) is 0 Å². The Hall–Kier alpha value is -0.800. The summed E-state index contributed by atoms with van der Waals surface area (Å²) in [7, 11) is 1.67. The zero-order valence-corrected chi connectivity index (χ0v) is 9.01. The highest BCUT2D eigenvalue weighted by atomic mass is 35.5. The molecule has 0 radical (unpaired) electrons. The number of halogens is 1. The minimum Gasteiger partial charge on any atom is -0.495 e. The van der Waals surface area contributed by atoms with E-state index in [2.05, 4.69) is 16.4 Å². The molecule has 1 aromatic rings. The molecule has 2 heterocycles. The summed E-state index contributed by atoms with van der Waals surface area (Å²) in [6, 6.07) is 2.07. The molecule has 2 rings (SSSR count). The molecule has 1 aromatic heterocycles. The summed E-state index contributed by atoms with van der Waals surface area (Å²) in [5, 5.41) is 3.34. The van der Waals surface area contributed by atoms with E-state index in [9.17, 15) is 0 Å². The largest absolute Gasteiger partial charge is 0.495 e. The van der Waals surface area contributed by atoms with Crippen LogP contribution in [-0.2, 0) is 0 Å². The lowest BCUT2D eigenvalue weighted by Gasteiger charge is -2.08. The Morgan fingerprint density at radius 1 is 1.50 bits per heavy atom. The van der Waals surface area contributed by atoms with Gasteiger partial charge in [0.05, 0.1) is 13.3 Å². The van der Waals surface area contributed by atoms with E-state index in [1.165, 1.54) is 12.0 Å². The highest BCUT2D eigenvalue weighted by Gasteiger charge is 2.16. The zero-order chi connectivity index (χ0) is 9.10. The van der Waals surface area contributed by atoms with Crippen molar-refractivity contribution in [3.05, 3.63) is 24.0 Å². The number of nitrogens with zero attached hydrogens (tertiary/aromatic N) is 1. The normalized spacial score (nSPS) is 20.2. The highest BCUT2D eigenvalue weighted by molar-refractivity contribution is 5.85. The van der Waals surface area contributed by atoms with Crippen LogP contribution in [0.25, 0.3) is 0 Å². The molecular formula is C10H15ClN2O. The van der Waals surface area contributed by atoms with Crippen LogP contribution < -0.4 is 10.1 Å². The summed E-state index contributed by atoms with van der Waals surface area (Å²) >= 11 is 0. The third-order valence-corrected chi connectivity index (χ3v) is 2.50. The van der Waals surface area contributed by atoms with E-state index in [0.29, 0.717) is 5.92 Å². The van der Waals surface area contributed by atoms with E-state index in [1.807, 2.05) is 6.20 Å². The smallest absolute Gasteiger partial charge is 0.137 e. The molecule has 1 saturated heterocycles. The summed E-state index contributed by atoms with van der Waals surface area (Å²) < 4.78 is 5.13. The van der Waals surface area contributed by atoms with Crippen LogP contribution >= 0.6 is 12.4 Å². The van der Waals surface area contributed by atoms with Gasteiger partial charge in [-0.05, 0) is 30.5 Å². The number of rotatable bonds is 2. The van der Waals surface area contributed by atoms with E-state index in [4.69, 9.17) is 4.74 Å². The van der Waals surface area contributed by atoms with Gasteiger partial charge in [0.15, 0.2) is 0 Å². The first-order valence-corrected chi connectivity index (χ1v) is 4.60. The number of nitrogens with one attached hydrogen (secondary N) is 1. The van der Waals surface area contributed by atoms with Gasteiger partial charge in [0, 0.05) is 12.7 Å². The third kappa shape index (κ3) is 2.36. The summed E-state index contributed by atoms with van der Waals surface area (Å²) in [6.45, 7) is 2.18. The molecule has 1 atom stereocenters. The molecule has 14 heavy (non-hydrogen) atoms. The lowest BCUT2D eigenvalue weighted by Crippen LogP contribution is -2.08.